The van der Waals surface area contributed by atoms with Crippen LogP contribution in [0.5, 0.6) is 0 Å². The minimum Gasteiger partial charge on any atom is -0.369 e. The van der Waals surface area contributed by atoms with Gasteiger partial charge in [-0.3, -0.25) is 5.32 Å². The van der Waals surface area contributed by atoms with Gasteiger partial charge in [-0.25, -0.2) is 9.79 Å². The van der Waals surface area contributed by atoms with E-state index in [9.17, 15) is 4.79 Å². The first kappa shape index (κ1) is 9.79. The Morgan fingerprint density at radius 2 is 2.31 bits per heavy atom. The first-order valence-electron chi connectivity index (χ1n) is 4.11. The predicted octanol–water partition coefficient (Wildman–Crippen LogP) is -0.648. The van der Waals surface area contributed by atoms with Crippen molar-refractivity contribution in [3.05, 3.63) is 0 Å². The number of carbonyl (C=O) groups is 1. The van der Waals surface area contributed by atoms with Crippen LogP contribution in [0.2, 0.25) is 0 Å². The molecule has 6 heteroatoms. The topological polar surface area (TPSA) is 103 Å². The number of nitrogens with zero attached hydrogens (tertiary/aromatic N) is 1. The highest BCUT2D eigenvalue weighted by atomic mass is 16.5. The highest BCUT2D eigenvalue weighted by Gasteiger charge is 2.23. The van der Waals surface area contributed by atoms with Gasteiger partial charge in [-0.05, 0) is 6.42 Å². The van der Waals surface area contributed by atoms with Crippen molar-refractivity contribution >= 4 is 12.0 Å². The lowest BCUT2D eigenvalue weighted by Gasteiger charge is -2.10. The molecule has 0 bridgehead atoms. The fourth-order valence-electron chi connectivity index (χ4n) is 1.14. The maximum Gasteiger partial charge on any atom is 0.318 e. The molecule has 1 aliphatic heterocycles. The number of primary amides is 1. The Bertz CT molecular complexity index is 229. The molecule has 1 heterocycles. The summed E-state index contributed by atoms with van der Waals surface area (Å²) < 4.78 is 5.26. The van der Waals surface area contributed by atoms with Crippen LogP contribution < -0.4 is 16.8 Å². The molecular formula is C7H14N4O2. The van der Waals surface area contributed by atoms with E-state index >= 15 is 0 Å². The molecule has 2 amide bonds. The van der Waals surface area contributed by atoms with Gasteiger partial charge in [0.2, 0.25) is 0 Å². The fraction of sp³-hybridized carbons (Fsp3) is 0.714. The van der Waals surface area contributed by atoms with Crippen LogP contribution in [0.3, 0.4) is 0 Å². The van der Waals surface area contributed by atoms with E-state index in [0.717, 1.165) is 6.42 Å². The van der Waals surface area contributed by atoms with Gasteiger partial charge in [-0.2, -0.15) is 0 Å². The molecule has 0 aromatic carbocycles. The maximum absolute atomic E-state index is 10.4. The number of nitrogens with one attached hydrogen (secondary N) is 1. The molecule has 0 aliphatic carbocycles. The number of aliphatic imine (C=N–C) groups is 1. The Labute approximate surface area is 76.3 Å². The lowest BCUT2D eigenvalue weighted by atomic mass is 10.1. The predicted molar refractivity (Wildman–Crippen MR) is 47.9 cm³/mol. The Kier molecular flexibility index (Phi) is 3.07. The molecule has 13 heavy (non-hydrogen) atoms. The van der Waals surface area contributed by atoms with E-state index in [1.807, 2.05) is 6.92 Å². The number of urea groups is 1. The molecule has 1 rings (SSSR count). The number of hydrogen-bond donors (Lipinski definition) is 3. The van der Waals surface area contributed by atoms with E-state index < -0.39 is 6.03 Å². The number of carbonyl (C=O) groups excluding carboxylic acids is 1. The largest absolute Gasteiger partial charge is 0.369 e. The Balaban J connectivity index is 2.48. The number of rotatable bonds is 1. The molecule has 0 aromatic rings. The standard InChI is InChI=1S/C7H14N4O2/c1-4-2-3-13-5(4)10-6(8)11-7(9)12/h4-5H,2-3H2,1H3,(H5,8,9,10,11,12). The summed E-state index contributed by atoms with van der Waals surface area (Å²) in [5, 5.41) is 2.18. The lowest BCUT2D eigenvalue weighted by molar-refractivity contribution is 0.101. The second-order valence-electron chi connectivity index (χ2n) is 3.03. The number of guanidine groups is 1. The average Bonchev–Trinajstić information content (AvgIpc) is 2.34. The first-order valence-corrected chi connectivity index (χ1v) is 4.11. The second-order valence-corrected chi connectivity index (χ2v) is 3.03. The van der Waals surface area contributed by atoms with E-state index in [2.05, 4.69) is 10.3 Å². The van der Waals surface area contributed by atoms with Crippen LogP contribution in [0.25, 0.3) is 0 Å². The van der Waals surface area contributed by atoms with E-state index in [4.69, 9.17) is 16.2 Å². The molecule has 2 unspecified atom stereocenters. The zero-order valence-electron chi connectivity index (χ0n) is 7.49. The van der Waals surface area contributed by atoms with Gasteiger partial charge in [0.15, 0.2) is 12.2 Å². The third-order valence-corrected chi connectivity index (χ3v) is 1.87. The third-order valence-electron chi connectivity index (χ3n) is 1.87. The van der Waals surface area contributed by atoms with Crippen molar-refractivity contribution in [2.24, 2.45) is 22.4 Å². The van der Waals surface area contributed by atoms with Crippen molar-refractivity contribution in [1.29, 1.82) is 0 Å². The zero-order chi connectivity index (χ0) is 9.84. The van der Waals surface area contributed by atoms with E-state index in [0.29, 0.717) is 12.5 Å². The molecule has 74 valence electrons. The molecule has 0 saturated carbocycles. The number of hydrogen-bond acceptors (Lipinski definition) is 3. The molecule has 6 nitrogen and oxygen atoms in total. The van der Waals surface area contributed by atoms with Gasteiger partial charge in [0.05, 0.1) is 0 Å². The van der Waals surface area contributed by atoms with Crippen LogP contribution in [0.15, 0.2) is 4.99 Å². The van der Waals surface area contributed by atoms with Gasteiger partial charge in [-0.15, -0.1) is 0 Å². The number of amides is 2. The average molecular weight is 186 g/mol. The zero-order valence-corrected chi connectivity index (χ0v) is 7.49. The van der Waals surface area contributed by atoms with Crippen molar-refractivity contribution in [1.82, 2.24) is 5.32 Å². The molecular weight excluding hydrogens is 172 g/mol. The minimum absolute atomic E-state index is 0.00579. The van der Waals surface area contributed by atoms with E-state index in [1.165, 1.54) is 0 Å². The van der Waals surface area contributed by atoms with Crippen LogP contribution in [-0.2, 0) is 4.74 Å². The minimum atomic E-state index is -0.716. The van der Waals surface area contributed by atoms with Crippen molar-refractivity contribution in [2.75, 3.05) is 6.61 Å². The van der Waals surface area contributed by atoms with Crippen LogP contribution in [0.4, 0.5) is 4.79 Å². The molecule has 1 aliphatic rings. The summed E-state index contributed by atoms with van der Waals surface area (Å²) in [7, 11) is 0. The molecule has 2 atom stereocenters. The summed E-state index contributed by atoms with van der Waals surface area (Å²) in [5.74, 6) is 0.333. The molecule has 1 fully saturated rings. The van der Waals surface area contributed by atoms with Crippen LogP contribution in [0.1, 0.15) is 13.3 Å². The number of nitrogens with two attached hydrogens (primary N) is 2. The van der Waals surface area contributed by atoms with Gasteiger partial charge in [0.25, 0.3) is 0 Å². The normalized spacial score (nSPS) is 28.8. The Morgan fingerprint density at radius 3 is 2.77 bits per heavy atom. The Morgan fingerprint density at radius 1 is 1.62 bits per heavy atom. The van der Waals surface area contributed by atoms with Crippen molar-refractivity contribution in [3.8, 4) is 0 Å². The molecule has 1 saturated heterocycles. The van der Waals surface area contributed by atoms with Crippen LogP contribution >= 0.6 is 0 Å². The lowest BCUT2D eigenvalue weighted by Crippen LogP contribution is -2.41. The van der Waals surface area contributed by atoms with Crippen LogP contribution in [-0.4, -0.2) is 24.8 Å². The number of ether oxygens (including phenoxy) is 1. The maximum atomic E-state index is 10.4. The molecule has 0 radical (unpaired) electrons. The summed E-state index contributed by atoms with van der Waals surface area (Å²) in [6, 6.07) is -0.716. The quantitative estimate of drug-likeness (QED) is 0.374. The summed E-state index contributed by atoms with van der Waals surface area (Å²) in [4.78, 5) is 14.3. The first-order chi connectivity index (χ1) is 6.09. The fourth-order valence-corrected chi connectivity index (χ4v) is 1.14. The van der Waals surface area contributed by atoms with E-state index in [-0.39, 0.29) is 12.2 Å². The van der Waals surface area contributed by atoms with Gasteiger partial charge < -0.3 is 16.2 Å². The SMILES string of the molecule is CC1CCOC1/N=C(\N)NC(N)=O. The van der Waals surface area contributed by atoms with Crippen molar-refractivity contribution < 1.29 is 9.53 Å². The van der Waals surface area contributed by atoms with Gasteiger partial charge in [0.1, 0.15) is 0 Å². The smallest absolute Gasteiger partial charge is 0.318 e. The summed E-state index contributed by atoms with van der Waals surface area (Å²) in [6.07, 6.45) is 0.699. The monoisotopic (exact) mass is 186 g/mol. The highest BCUT2D eigenvalue weighted by molar-refractivity contribution is 5.94. The third kappa shape index (κ3) is 2.90. The molecule has 5 N–H and O–H groups in total. The van der Waals surface area contributed by atoms with Crippen molar-refractivity contribution in [2.45, 2.75) is 19.6 Å². The second kappa shape index (κ2) is 4.08. The summed E-state index contributed by atoms with van der Waals surface area (Å²) in [5.41, 5.74) is 10.2. The van der Waals surface area contributed by atoms with Gasteiger partial charge in [0, 0.05) is 12.5 Å². The molecule has 0 aromatic heterocycles. The van der Waals surface area contributed by atoms with Crippen LogP contribution in [0, 0.1) is 5.92 Å². The summed E-state index contributed by atoms with van der Waals surface area (Å²) in [6.45, 7) is 2.69. The molecule has 0 spiro atoms. The van der Waals surface area contributed by atoms with Gasteiger partial charge in [-0.1, -0.05) is 6.92 Å². The Hall–Kier alpha value is -1.30. The highest BCUT2D eigenvalue weighted by Crippen LogP contribution is 2.20. The van der Waals surface area contributed by atoms with Crippen molar-refractivity contribution in [3.63, 3.8) is 0 Å². The summed E-state index contributed by atoms with van der Waals surface area (Å²) >= 11 is 0. The van der Waals surface area contributed by atoms with Gasteiger partial charge >= 0.3 is 6.03 Å². The van der Waals surface area contributed by atoms with E-state index in [1.54, 1.807) is 0 Å².